The largest absolute Gasteiger partial charge is 0.492 e. The van der Waals surface area contributed by atoms with Gasteiger partial charge in [0.15, 0.2) is 0 Å². The van der Waals surface area contributed by atoms with Gasteiger partial charge in [0.25, 0.3) is 0 Å². The van der Waals surface area contributed by atoms with Gasteiger partial charge in [-0.3, -0.25) is 0 Å². The van der Waals surface area contributed by atoms with Crippen LogP contribution in [0.25, 0.3) is 0 Å². The van der Waals surface area contributed by atoms with Gasteiger partial charge in [0.2, 0.25) is 0 Å². The van der Waals surface area contributed by atoms with Crippen LogP contribution in [0.3, 0.4) is 0 Å². The molecule has 1 aromatic rings. The predicted octanol–water partition coefficient (Wildman–Crippen LogP) is 3.21. The number of ether oxygens (including phenoxy) is 1. The highest BCUT2D eigenvalue weighted by Crippen LogP contribution is 2.18. The van der Waals surface area contributed by atoms with Crippen LogP contribution >= 0.6 is 0 Å². The Morgan fingerprint density at radius 2 is 1.94 bits per heavy atom. The fourth-order valence-corrected chi connectivity index (χ4v) is 2.37. The van der Waals surface area contributed by atoms with Crippen molar-refractivity contribution in [2.75, 3.05) is 13.2 Å². The van der Waals surface area contributed by atoms with Crippen LogP contribution in [0.5, 0.6) is 5.75 Å². The molecular weight excluding hydrogens is 210 g/mol. The summed E-state index contributed by atoms with van der Waals surface area (Å²) in [6, 6.07) is 7.02. The number of rotatable bonds is 5. The SMILES string of the molecule is Cc1ccc(OCCNC2CCCC2)cc1C. The Bertz CT molecular complexity index is 356. The molecule has 2 heteroatoms. The zero-order valence-electron chi connectivity index (χ0n) is 11.0. The third-order valence-electron chi connectivity index (χ3n) is 3.64. The van der Waals surface area contributed by atoms with Gasteiger partial charge in [0.1, 0.15) is 12.4 Å². The van der Waals surface area contributed by atoms with Crippen molar-refractivity contribution in [3.05, 3.63) is 29.3 Å². The van der Waals surface area contributed by atoms with Crippen molar-refractivity contribution in [3.63, 3.8) is 0 Å². The van der Waals surface area contributed by atoms with Crippen molar-refractivity contribution >= 4 is 0 Å². The van der Waals surface area contributed by atoms with Crippen molar-refractivity contribution in [1.82, 2.24) is 5.32 Å². The summed E-state index contributed by atoms with van der Waals surface area (Å²) in [6.07, 6.45) is 5.44. The molecule has 0 saturated heterocycles. The Labute approximate surface area is 104 Å². The molecule has 94 valence electrons. The van der Waals surface area contributed by atoms with Crippen molar-refractivity contribution in [3.8, 4) is 5.75 Å². The molecule has 0 amide bonds. The van der Waals surface area contributed by atoms with E-state index in [9.17, 15) is 0 Å². The molecule has 0 aromatic heterocycles. The molecule has 0 atom stereocenters. The second-order valence-corrected chi connectivity index (χ2v) is 5.03. The minimum absolute atomic E-state index is 0.735. The average Bonchev–Trinajstić information content (AvgIpc) is 2.82. The van der Waals surface area contributed by atoms with Crippen LogP contribution in [-0.4, -0.2) is 19.2 Å². The third kappa shape index (κ3) is 3.74. The highest BCUT2D eigenvalue weighted by Gasteiger charge is 2.13. The molecule has 0 bridgehead atoms. The molecule has 1 saturated carbocycles. The first-order valence-electron chi connectivity index (χ1n) is 6.69. The summed E-state index contributed by atoms with van der Waals surface area (Å²) < 4.78 is 5.74. The zero-order chi connectivity index (χ0) is 12.1. The molecule has 1 aliphatic rings. The minimum Gasteiger partial charge on any atom is -0.492 e. The molecule has 2 rings (SSSR count). The van der Waals surface area contributed by atoms with Crippen LogP contribution in [-0.2, 0) is 0 Å². The van der Waals surface area contributed by atoms with Gasteiger partial charge in [-0.05, 0) is 49.9 Å². The van der Waals surface area contributed by atoms with Gasteiger partial charge in [0, 0.05) is 12.6 Å². The highest BCUT2D eigenvalue weighted by atomic mass is 16.5. The molecular formula is C15H23NO. The first-order valence-corrected chi connectivity index (χ1v) is 6.69. The van der Waals surface area contributed by atoms with E-state index in [1.807, 2.05) is 0 Å². The van der Waals surface area contributed by atoms with E-state index in [-0.39, 0.29) is 0 Å². The van der Waals surface area contributed by atoms with E-state index in [1.54, 1.807) is 0 Å². The second-order valence-electron chi connectivity index (χ2n) is 5.03. The first kappa shape index (κ1) is 12.4. The van der Waals surface area contributed by atoms with E-state index in [0.29, 0.717) is 0 Å². The summed E-state index contributed by atoms with van der Waals surface area (Å²) in [5.74, 6) is 0.987. The normalized spacial score (nSPS) is 16.4. The van der Waals surface area contributed by atoms with Gasteiger partial charge >= 0.3 is 0 Å². The average molecular weight is 233 g/mol. The van der Waals surface area contributed by atoms with Crippen molar-refractivity contribution in [1.29, 1.82) is 0 Å². The second kappa shape index (κ2) is 6.06. The summed E-state index contributed by atoms with van der Waals surface area (Å²) in [5.41, 5.74) is 2.62. The number of hydrogen-bond acceptors (Lipinski definition) is 2. The number of nitrogens with one attached hydrogen (secondary N) is 1. The van der Waals surface area contributed by atoms with Crippen molar-refractivity contribution in [2.24, 2.45) is 0 Å². The van der Waals surface area contributed by atoms with Gasteiger partial charge in [0.05, 0.1) is 0 Å². The van der Waals surface area contributed by atoms with Gasteiger partial charge < -0.3 is 10.1 Å². The lowest BCUT2D eigenvalue weighted by Crippen LogP contribution is -2.30. The molecule has 0 aliphatic heterocycles. The third-order valence-corrected chi connectivity index (χ3v) is 3.64. The fourth-order valence-electron chi connectivity index (χ4n) is 2.37. The van der Waals surface area contributed by atoms with Crippen LogP contribution in [0.4, 0.5) is 0 Å². The van der Waals surface area contributed by atoms with Crippen molar-refractivity contribution in [2.45, 2.75) is 45.6 Å². The summed E-state index contributed by atoms with van der Waals surface area (Å²) in [4.78, 5) is 0. The Morgan fingerprint density at radius 3 is 2.65 bits per heavy atom. The Kier molecular flexibility index (Phi) is 4.43. The smallest absolute Gasteiger partial charge is 0.119 e. The lowest BCUT2D eigenvalue weighted by atomic mass is 10.1. The van der Waals surface area contributed by atoms with Crippen LogP contribution in [0.15, 0.2) is 18.2 Å². The van der Waals surface area contributed by atoms with Crippen molar-refractivity contribution < 1.29 is 4.74 Å². The standard InChI is InChI=1S/C15H23NO/c1-12-7-8-15(11-13(12)2)17-10-9-16-14-5-3-4-6-14/h7-8,11,14,16H,3-6,9-10H2,1-2H3. The van der Waals surface area contributed by atoms with E-state index in [0.717, 1.165) is 24.9 Å². The maximum absolute atomic E-state index is 5.74. The molecule has 0 heterocycles. The van der Waals surface area contributed by atoms with Gasteiger partial charge in [-0.2, -0.15) is 0 Å². The summed E-state index contributed by atoms with van der Waals surface area (Å²) in [5, 5.41) is 3.55. The maximum atomic E-state index is 5.74. The lowest BCUT2D eigenvalue weighted by molar-refractivity contribution is 0.305. The van der Waals surface area contributed by atoms with Crippen LogP contribution < -0.4 is 10.1 Å². The summed E-state index contributed by atoms with van der Waals surface area (Å²) >= 11 is 0. The van der Waals surface area contributed by atoms with E-state index >= 15 is 0 Å². The molecule has 0 radical (unpaired) electrons. The van der Waals surface area contributed by atoms with Crippen LogP contribution in [0, 0.1) is 13.8 Å². The zero-order valence-corrected chi connectivity index (χ0v) is 11.0. The van der Waals surface area contributed by atoms with Gasteiger partial charge in [-0.15, -0.1) is 0 Å². The summed E-state index contributed by atoms with van der Waals surface area (Å²) in [6.45, 7) is 5.97. The molecule has 0 unspecified atom stereocenters. The topological polar surface area (TPSA) is 21.3 Å². The summed E-state index contributed by atoms with van der Waals surface area (Å²) in [7, 11) is 0. The quantitative estimate of drug-likeness (QED) is 0.788. The number of aryl methyl sites for hydroxylation is 2. The van der Waals surface area contributed by atoms with Gasteiger partial charge in [-0.1, -0.05) is 18.9 Å². The van der Waals surface area contributed by atoms with Crippen LogP contribution in [0.1, 0.15) is 36.8 Å². The molecule has 17 heavy (non-hydrogen) atoms. The molecule has 1 fully saturated rings. The Balaban J connectivity index is 1.68. The van der Waals surface area contributed by atoms with E-state index in [2.05, 4.69) is 37.4 Å². The predicted molar refractivity (Wildman–Crippen MR) is 71.7 cm³/mol. The van der Waals surface area contributed by atoms with E-state index in [1.165, 1.54) is 36.8 Å². The number of benzene rings is 1. The maximum Gasteiger partial charge on any atom is 0.119 e. The fraction of sp³-hybridized carbons (Fsp3) is 0.600. The molecule has 0 spiro atoms. The highest BCUT2D eigenvalue weighted by molar-refractivity contribution is 5.33. The van der Waals surface area contributed by atoms with Gasteiger partial charge in [-0.25, -0.2) is 0 Å². The minimum atomic E-state index is 0.735. The van der Waals surface area contributed by atoms with Crippen LogP contribution in [0.2, 0.25) is 0 Å². The van der Waals surface area contributed by atoms with E-state index < -0.39 is 0 Å². The molecule has 1 aliphatic carbocycles. The lowest BCUT2D eigenvalue weighted by Gasteiger charge is -2.13. The van der Waals surface area contributed by atoms with E-state index in [4.69, 9.17) is 4.74 Å². The molecule has 1 N–H and O–H groups in total. The number of hydrogen-bond donors (Lipinski definition) is 1. The Morgan fingerprint density at radius 1 is 1.18 bits per heavy atom. The monoisotopic (exact) mass is 233 g/mol. The first-order chi connectivity index (χ1) is 8.25. The molecule has 2 nitrogen and oxygen atoms in total. The molecule has 1 aromatic carbocycles. The Hall–Kier alpha value is -1.02.